The van der Waals surface area contributed by atoms with Gasteiger partial charge in [-0.25, -0.2) is 14.2 Å². The average Bonchev–Trinajstić information content (AvgIpc) is 3.57. The van der Waals surface area contributed by atoms with Crippen LogP contribution in [0.15, 0.2) is 46.0 Å². The number of nitrogens with one attached hydrogen (secondary N) is 1. The van der Waals surface area contributed by atoms with Crippen molar-refractivity contribution in [3.63, 3.8) is 0 Å². The molecular formula is C28H31ClFN5O6S. The summed E-state index contributed by atoms with van der Waals surface area (Å²) in [4.78, 5) is 51.4. The highest BCUT2D eigenvalue weighted by atomic mass is 35.5. The van der Waals surface area contributed by atoms with E-state index in [0.717, 1.165) is 6.07 Å². The molecule has 0 bridgehead atoms. The van der Waals surface area contributed by atoms with Crippen LogP contribution in [0.4, 0.5) is 4.39 Å². The molecule has 224 valence electrons. The lowest BCUT2D eigenvalue weighted by Crippen LogP contribution is -2.54. The molecular weight excluding hydrogens is 589 g/mol. The molecule has 3 unspecified atom stereocenters. The average molecular weight is 620 g/mol. The monoisotopic (exact) mass is 619 g/mol. The lowest BCUT2D eigenvalue weighted by Gasteiger charge is -2.37. The first kappa shape index (κ1) is 30.1. The number of fused-ring (bicyclic) bond motifs is 1. The van der Waals surface area contributed by atoms with E-state index in [0.29, 0.717) is 35.3 Å². The number of esters is 1. The van der Waals surface area contributed by atoms with E-state index >= 15 is 0 Å². The van der Waals surface area contributed by atoms with Crippen molar-refractivity contribution in [2.45, 2.75) is 39.0 Å². The van der Waals surface area contributed by atoms with Gasteiger partial charge in [0.2, 0.25) is 5.91 Å². The molecule has 11 nitrogen and oxygen atoms in total. The van der Waals surface area contributed by atoms with Crippen LogP contribution in [0.5, 0.6) is 0 Å². The molecule has 1 aromatic carbocycles. The van der Waals surface area contributed by atoms with Gasteiger partial charge in [0.1, 0.15) is 17.9 Å². The standard InChI is InChI=1S/C28H31ClFN5O6S/c1-4-40-26(37)20-18(12-34-8-9-41-19-13-35(25(36)22(19)34)14-28(2,3)27(38)39)32-23(24-31-7-10-42-24)33-21(20)16-6-5-15(30)11-17(16)29/h5-7,10-11,19,21-22H,4,8-9,12-14H2,1-3H3,(H,32,33)(H,38,39). The highest BCUT2D eigenvalue weighted by molar-refractivity contribution is 7.11. The van der Waals surface area contributed by atoms with Gasteiger partial charge in [0.15, 0.2) is 10.8 Å². The number of carbonyl (C=O) groups is 3. The summed E-state index contributed by atoms with van der Waals surface area (Å²) >= 11 is 7.82. The van der Waals surface area contributed by atoms with Crippen molar-refractivity contribution >= 4 is 46.6 Å². The number of likely N-dealkylation sites (tertiary alicyclic amines) is 1. The Kier molecular flexibility index (Phi) is 8.65. The molecule has 1 amide bonds. The Morgan fingerprint density at radius 2 is 2.14 bits per heavy atom. The molecule has 4 heterocycles. The second-order valence-electron chi connectivity index (χ2n) is 10.9. The molecule has 0 saturated carbocycles. The van der Waals surface area contributed by atoms with Crippen LogP contribution in [-0.2, 0) is 23.9 Å². The minimum absolute atomic E-state index is 0.0341. The summed E-state index contributed by atoms with van der Waals surface area (Å²) in [5.74, 6) is -2.00. The van der Waals surface area contributed by atoms with Crippen LogP contribution >= 0.6 is 22.9 Å². The normalized spacial score (nSPS) is 23.0. The first-order valence-electron chi connectivity index (χ1n) is 13.5. The maximum atomic E-state index is 14.0. The number of nitrogens with zero attached hydrogens (tertiary/aromatic N) is 4. The summed E-state index contributed by atoms with van der Waals surface area (Å²) in [6.45, 7) is 6.09. The molecule has 3 atom stereocenters. The number of amidine groups is 1. The molecule has 2 fully saturated rings. The molecule has 2 saturated heterocycles. The number of carboxylic acids is 1. The Morgan fingerprint density at radius 1 is 1.36 bits per heavy atom. The highest BCUT2D eigenvalue weighted by Gasteiger charge is 2.49. The molecule has 2 aromatic rings. The number of hydrogen-bond donors (Lipinski definition) is 2. The van der Waals surface area contributed by atoms with Crippen LogP contribution in [0.25, 0.3) is 0 Å². The molecule has 2 N–H and O–H groups in total. The first-order valence-corrected chi connectivity index (χ1v) is 14.7. The molecule has 3 aliphatic heterocycles. The summed E-state index contributed by atoms with van der Waals surface area (Å²) in [7, 11) is 0. The quantitative estimate of drug-likeness (QED) is 0.407. The number of aliphatic imine (C=N–C) groups is 1. The number of ether oxygens (including phenoxy) is 2. The Bertz CT molecular complexity index is 1450. The lowest BCUT2D eigenvalue weighted by atomic mass is 9.93. The number of morpholine rings is 1. The Morgan fingerprint density at radius 3 is 2.81 bits per heavy atom. The van der Waals surface area contributed by atoms with Gasteiger partial charge in [-0.3, -0.25) is 19.5 Å². The molecule has 3 aliphatic rings. The molecule has 1 aromatic heterocycles. The Hall–Kier alpha value is -3.39. The SMILES string of the molecule is CCOC(=O)C1=C(CN2CCOC3CN(CC(C)(C)C(=O)O)C(=O)C32)NC(c2nccs2)=NC1c1ccc(F)cc1Cl. The maximum Gasteiger partial charge on any atom is 0.338 e. The predicted molar refractivity (Wildman–Crippen MR) is 153 cm³/mol. The van der Waals surface area contributed by atoms with Crippen molar-refractivity contribution in [2.24, 2.45) is 10.4 Å². The van der Waals surface area contributed by atoms with E-state index in [-0.39, 0.29) is 42.7 Å². The first-order chi connectivity index (χ1) is 20.0. The molecule has 5 rings (SSSR count). The summed E-state index contributed by atoms with van der Waals surface area (Å²) in [6.07, 6.45) is 1.16. The van der Waals surface area contributed by atoms with Gasteiger partial charge in [-0.1, -0.05) is 17.7 Å². The topological polar surface area (TPSA) is 134 Å². The zero-order valence-corrected chi connectivity index (χ0v) is 24.9. The van der Waals surface area contributed by atoms with Crippen LogP contribution in [0.2, 0.25) is 5.02 Å². The van der Waals surface area contributed by atoms with Gasteiger partial charge in [-0.15, -0.1) is 11.3 Å². The van der Waals surface area contributed by atoms with Crippen molar-refractivity contribution in [1.82, 2.24) is 20.1 Å². The fourth-order valence-corrected chi connectivity index (χ4v) is 6.24. The number of halogens is 2. The van der Waals surface area contributed by atoms with Gasteiger partial charge in [0.25, 0.3) is 0 Å². The third kappa shape index (κ3) is 5.91. The number of thiazole rings is 1. The zero-order chi connectivity index (χ0) is 30.2. The maximum absolute atomic E-state index is 14.0. The zero-order valence-electron chi connectivity index (χ0n) is 23.3. The second kappa shape index (κ2) is 12.1. The van der Waals surface area contributed by atoms with Crippen molar-refractivity contribution < 1.29 is 33.4 Å². The molecule has 0 radical (unpaired) electrons. The predicted octanol–water partition coefficient (Wildman–Crippen LogP) is 2.87. The molecule has 0 aliphatic carbocycles. The van der Waals surface area contributed by atoms with Gasteiger partial charge in [-0.05, 0) is 32.9 Å². The van der Waals surface area contributed by atoms with Crippen LogP contribution in [0.3, 0.4) is 0 Å². The number of hydrogen-bond acceptors (Lipinski definition) is 10. The fraction of sp³-hybridized carbons (Fsp3) is 0.464. The van der Waals surface area contributed by atoms with Crippen LogP contribution in [0, 0.1) is 11.2 Å². The number of benzene rings is 1. The number of rotatable bonds is 9. The summed E-state index contributed by atoms with van der Waals surface area (Å²) in [5.41, 5.74) is -0.105. The van der Waals surface area contributed by atoms with E-state index in [4.69, 9.17) is 26.1 Å². The van der Waals surface area contributed by atoms with Crippen LogP contribution in [-0.4, -0.2) is 95.1 Å². The van der Waals surface area contributed by atoms with Gasteiger partial charge in [-0.2, -0.15) is 0 Å². The molecule has 0 spiro atoms. The summed E-state index contributed by atoms with van der Waals surface area (Å²) in [5, 5.41) is 15.3. The smallest absolute Gasteiger partial charge is 0.338 e. The number of carboxylic acid groups (broad SMARTS) is 1. The summed E-state index contributed by atoms with van der Waals surface area (Å²) < 4.78 is 25.4. The Labute approximate surface area is 251 Å². The third-order valence-electron chi connectivity index (χ3n) is 7.46. The van der Waals surface area contributed by atoms with Crippen LogP contribution in [0.1, 0.15) is 37.4 Å². The largest absolute Gasteiger partial charge is 0.481 e. The van der Waals surface area contributed by atoms with E-state index in [9.17, 15) is 23.9 Å². The minimum Gasteiger partial charge on any atom is -0.481 e. The fourth-order valence-electron chi connectivity index (χ4n) is 5.38. The molecule has 14 heteroatoms. The van der Waals surface area contributed by atoms with Gasteiger partial charge in [0.05, 0.1) is 30.3 Å². The lowest BCUT2D eigenvalue weighted by molar-refractivity contribution is -0.149. The van der Waals surface area contributed by atoms with E-state index in [1.165, 1.54) is 28.4 Å². The van der Waals surface area contributed by atoms with Crippen molar-refractivity contribution in [1.29, 1.82) is 0 Å². The third-order valence-corrected chi connectivity index (χ3v) is 8.57. The summed E-state index contributed by atoms with van der Waals surface area (Å²) in [6, 6.07) is 2.28. The minimum atomic E-state index is -1.14. The van der Waals surface area contributed by atoms with E-state index < -0.39 is 41.4 Å². The second-order valence-corrected chi connectivity index (χ2v) is 12.2. The number of carbonyl (C=O) groups excluding carboxylic acids is 2. The van der Waals surface area contributed by atoms with Crippen molar-refractivity contribution in [2.75, 3.05) is 39.4 Å². The molecule has 42 heavy (non-hydrogen) atoms. The number of aromatic nitrogens is 1. The van der Waals surface area contributed by atoms with E-state index in [2.05, 4.69) is 10.3 Å². The van der Waals surface area contributed by atoms with Gasteiger partial charge in [0, 0.05) is 54.0 Å². The Balaban J connectivity index is 1.54. The van der Waals surface area contributed by atoms with Crippen molar-refractivity contribution in [3.8, 4) is 0 Å². The number of amides is 1. The highest BCUT2D eigenvalue weighted by Crippen LogP contribution is 2.38. The van der Waals surface area contributed by atoms with Crippen molar-refractivity contribution in [3.05, 3.63) is 62.5 Å². The van der Waals surface area contributed by atoms with E-state index in [1.807, 2.05) is 4.90 Å². The van der Waals surface area contributed by atoms with E-state index in [1.54, 1.807) is 32.3 Å². The van der Waals surface area contributed by atoms with Gasteiger partial charge >= 0.3 is 11.9 Å². The van der Waals surface area contributed by atoms with Gasteiger partial charge < -0.3 is 24.8 Å². The van der Waals surface area contributed by atoms with Crippen LogP contribution < -0.4 is 5.32 Å². The number of aliphatic carboxylic acids is 1.